The van der Waals surface area contributed by atoms with Gasteiger partial charge in [0, 0.05) is 18.0 Å². The van der Waals surface area contributed by atoms with E-state index in [2.05, 4.69) is 15.0 Å². The number of aromatic nitrogens is 1. The van der Waals surface area contributed by atoms with Crippen molar-refractivity contribution >= 4 is 11.7 Å². The van der Waals surface area contributed by atoms with Crippen LogP contribution in [-0.4, -0.2) is 42.9 Å². The smallest absolute Gasteiger partial charge is 0.330 e. The van der Waals surface area contributed by atoms with E-state index in [0.29, 0.717) is 11.6 Å². The van der Waals surface area contributed by atoms with E-state index in [1.165, 1.54) is 20.4 Å². The van der Waals surface area contributed by atoms with Gasteiger partial charge in [-0.2, -0.15) is 0 Å². The minimum absolute atomic E-state index is 0.350. The molecule has 0 radical (unpaired) electrons. The highest BCUT2D eigenvalue weighted by atomic mass is 16.5. The number of carbonyl (C=O) groups excluding carboxylic acids is 1. The summed E-state index contributed by atoms with van der Waals surface area (Å²) in [5.41, 5.74) is 0.622. The number of carbonyl (C=O) groups is 1. The Hall–Kier alpha value is -1.82. The number of aliphatic hydroxyl groups excluding tert-OH is 1. The number of pyridine rings is 1. The van der Waals surface area contributed by atoms with Gasteiger partial charge in [-0.25, -0.2) is 9.78 Å². The largest absolute Gasteiger partial charge is 0.481 e. The highest BCUT2D eigenvalue weighted by Gasteiger charge is 2.17. The summed E-state index contributed by atoms with van der Waals surface area (Å²) in [6, 6.07) is 2.48. The van der Waals surface area contributed by atoms with Crippen LogP contribution in [0.2, 0.25) is 0 Å². The number of hydrogen-bond acceptors (Lipinski definition) is 6. The van der Waals surface area contributed by atoms with Crippen LogP contribution in [0.15, 0.2) is 18.3 Å². The van der Waals surface area contributed by atoms with Crippen LogP contribution >= 0.6 is 0 Å². The van der Waals surface area contributed by atoms with Gasteiger partial charge in [-0.1, -0.05) is 0 Å². The maximum absolute atomic E-state index is 11.2. The van der Waals surface area contributed by atoms with Crippen molar-refractivity contribution in [2.24, 2.45) is 0 Å². The molecule has 1 heterocycles. The van der Waals surface area contributed by atoms with Crippen LogP contribution in [-0.2, 0) is 9.53 Å². The zero-order valence-electron chi connectivity index (χ0n) is 9.14. The normalized spacial score (nSPS) is 11.7. The first-order chi connectivity index (χ1) is 7.71. The molecule has 1 aromatic heterocycles. The van der Waals surface area contributed by atoms with Crippen LogP contribution in [0.3, 0.4) is 0 Å². The molecule has 0 aliphatic carbocycles. The van der Waals surface area contributed by atoms with Crippen molar-refractivity contribution in [2.75, 3.05) is 26.1 Å². The molecule has 0 saturated heterocycles. The van der Waals surface area contributed by atoms with Crippen LogP contribution in [0, 0.1) is 0 Å². The Kier molecular flexibility index (Phi) is 4.53. The van der Waals surface area contributed by atoms with Gasteiger partial charge in [-0.05, 0) is 6.07 Å². The molecule has 6 nitrogen and oxygen atoms in total. The molecule has 0 amide bonds. The quantitative estimate of drug-likeness (QED) is 0.690. The van der Waals surface area contributed by atoms with Gasteiger partial charge in [0.1, 0.15) is 6.04 Å². The maximum Gasteiger partial charge on any atom is 0.330 e. The van der Waals surface area contributed by atoms with Crippen molar-refractivity contribution in [3.05, 3.63) is 18.3 Å². The van der Waals surface area contributed by atoms with Crippen LogP contribution in [0.4, 0.5) is 5.69 Å². The second-order valence-electron chi connectivity index (χ2n) is 2.99. The number of ether oxygens (including phenoxy) is 2. The van der Waals surface area contributed by atoms with Gasteiger partial charge in [0.25, 0.3) is 0 Å². The second-order valence-corrected chi connectivity index (χ2v) is 2.99. The molecule has 88 valence electrons. The lowest BCUT2D eigenvalue weighted by atomic mass is 10.3. The fourth-order valence-corrected chi connectivity index (χ4v) is 1.13. The van der Waals surface area contributed by atoms with Gasteiger partial charge < -0.3 is 19.9 Å². The Bertz CT molecular complexity index is 356. The van der Waals surface area contributed by atoms with E-state index in [9.17, 15) is 4.79 Å². The van der Waals surface area contributed by atoms with Crippen molar-refractivity contribution in [1.82, 2.24) is 4.98 Å². The first kappa shape index (κ1) is 12.3. The highest BCUT2D eigenvalue weighted by molar-refractivity contribution is 5.79. The topological polar surface area (TPSA) is 80.7 Å². The fourth-order valence-electron chi connectivity index (χ4n) is 1.13. The molecule has 0 aromatic carbocycles. The lowest BCUT2D eigenvalue weighted by Gasteiger charge is -2.15. The zero-order valence-corrected chi connectivity index (χ0v) is 9.14. The van der Waals surface area contributed by atoms with E-state index in [-0.39, 0.29) is 6.61 Å². The molecular weight excluding hydrogens is 212 g/mol. The van der Waals surface area contributed by atoms with E-state index >= 15 is 0 Å². The lowest BCUT2D eigenvalue weighted by Crippen LogP contribution is -2.34. The predicted octanol–water partition coefficient (Wildman–Crippen LogP) is 0.0360. The number of hydrogen-bond donors (Lipinski definition) is 2. The summed E-state index contributed by atoms with van der Waals surface area (Å²) in [7, 11) is 2.76. The standard InChI is InChI=1S/C10H14N2O4/c1-15-9-5-7(3-4-11-9)12-8(6-13)10(14)16-2/h3-5,8,13H,6H2,1-2H3,(H,11,12). The van der Waals surface area contributed by atoms with Gasteiger partial charge in [0.05, 0.1) is 20.8 Å². The molecule has 16 heavy (non-hydrogen) atoms. The van der Waals surface area contributed by atoms with Crippen molar-refractivity contribution in [3.63, 3.8) is 0 Å². The molecule has 6 heteroatoms. The molecule has 0 saturated carbocycles. The number of aliphatic hydroxyl groups is 1. The highest BCUT2D eigenvalue weighted by Crippen LogP contribution is 2.14. The van der Waals surface area contributed by atoms with Crippen LogP contribution in [0.25, 0.3) is 0 Å². The fraction of sp³-hybridized carbons (Fsp3) is 0.400. The Morgan fingerprint density at radius 2 is 2.38 bits per heavy atom. The minimum Gasteiger partial charge on any atom is -0.481 e. The Morgan fingerprint density at radius 3 is 2.94 bits per heavy atom. The van der Waals surface area contributed by atoms with Gasteiger partial charge >= 0.3 is 5.97 Å². The molecular formula is C10H14N2O4. The number of esters is 1. The third-order valence-corrected chi connectivity index (χ3v) is 1.95. The van der Waals surface area contributed by atoms with Gasteiger partial charge in [-0.15, -0.1) is 0 Å². The molecule has 1 unspecified atom stereocenters. The van der Waals surface area contributed by atoms with Crippen LogP contribution in [0.1, 0.15) is 0 Å². The summed E-state index contributed by atoms with van der Waals surface area (Å²) in [5.74, 6) is -0.107. The van der Waals surface area contributed by atoms with Crippen molar-refractivity contribution in [2.45, 2.75) is 6.04 Å². The number of anilines is 1. The van der Waals surface area contributed by atoms with E-state index < -0.39 is 12.0 Å². The first-order valence-corrected chi connectivity index (χ1v) is 4.66. The summed E-state index contributed by atoms with van der Waals surface area (Å²) >= 11 is 0. The van der Waals surface area contributed by atoms with E-state index in [0.717, 1.165) is 0 Å². The van der Waals surface area contributed by atoms with Gasteiger partial charge in [0.15, 0.2) is 0 Å². The van der Waals surface area contributed by atoms with Crippen molar-refractivity contribution in [1.29, 1.82) is 0 Å². The molecule has 0 aliphatic rings. The number of nitrogens with one attached hydrogen (secondary N) is 1. The predicted molar refractivity (Wildman–Crippen MR) is 57.3 cm³/mol. The third kappa shape index (κ3) is 3.09. The summed E-state index contributed by atoms with van der Waals surface area (Å²) < 4.78 is 9.45. The molecule has 0 bridgehead atoms. The molecule has 0 fully saturated rings. The minimum atomic E-state index is -0.794. The Morgan fingerprint density at radius 1 is 1.62 bits per heavy atom. The average molecular weight is 226 g/mol. The number of nitrogens with zero attached hydrogens (tertiary/aromatic N) is 1. The number of methoxy groups -OCH3 is 2. The number of rotatable bonds is 5. The van der Waals surface area contributed by atoms with Gasteiger partial charge in [0.2, 0.25) is 5.88 Å². The molecule has 1 aromatic rings. The molecule has 2 N–H and O–H groups in total. The molecule has 1 atom stereocenters. The summed E-state index contributed by atoms with van der Waals surface area (Å²) in [6.07, 6.45) is 1.53. The summed E-state index contributed by atoms with van der Waals surface area (Å²) in [5, 5.41) is 11.8. The zero-order chi connectivity index (χ0) is 12.0. The Balaban J connectivity index is 2.73. The summed E-state index contributed by atoms with van der Waals surface area (Å²) in [4.78, 5) is 15.1. The second kappa shape index (κ2) is 5.92. The average Bonchev–Trinajstić information content (AvgIpc) is 2.35. The SMILES string of the molecule is COC(=O)C(CO)Nc1ccnc(OC)c1. The van der Waals surface area contributed by atoms with Crippen LogP contribution < -0.4 is 10.1 Å². The monoisotopic (exact) mass is 226 g/mol. The van der Waals surface area contributed by atoms with Gasteiger partial charge in [-0.3, -0.25) is 0 Å². The van der Waals surface area contributed by atoms with E-state index in [4.69, 9.17) is 9.84 Å². The third-order valence-electron chi connectivity index (χ3n) is 1.95. The maximum atomic E-state index is 11.2. The first-order valence-electron chi connectivity index (χ1n) is 4.66. The van der Waals surface area contributed by atoms with Crippen LogP contribution in [0.5, 0.6) is 5.88 Å². The van der Waals surface area contributed by atoms with E-state index in [1.807, 2.05) is 0 Å². The Labute approximate surface area is 93.2 Å². The molecule has 1 rings (SSSR count). The van der Waals surface area contributed by atoms with Crippen molar-refractivity contribution < 1.29 is 19.4 Å². The molecule has 0 aliphatic heterocycles. The summed E-state index contributed by atoms with van der Waals surface area (Å²) in [6.45, 7) is -0.350. The van der Waals surface area contributed by atoms with E-state index in [1.54, 1.807) is 12.1 Å². The lowest BCUT2D eigenvalue weighted by molar-refractivity contribution is -0.142. The van der Waals surface area contributed by atoms with Crippen molar-refractivity contribution in [3.8, 4) is 5.88 Å². The molecule has 0 spiro atoms.